The molecule has 9 nitrogen and oxygen atoms in total. The average molecular weight is 536 g/mol. The van der Waals surface area contributed by atoms with E-state index < -0.39 is 17.7 Å². The lowest BCUT2D eigenvalue weighted by Gasteiger charge is -2.20. The quantitative estimate of drug-likeness (QED) is 0.284. The molecule has 0 fully saturated rings. The van der Waals surface area contributed by atoms with Crippen LogP contribution in [0.4, 0.5) is 4.39 Å². The first-order chi connectivity index (χ1) is 17.8. The van der Waals surface area contributed by atoms with E-state index in [1.807, 2.05) is 6.07 Å². The Bertz CT molecular complexity index is 1540. The highest BCUT2D eigenvalue weighted by Gasteiger charge is 2.36. The molecule has 1 aromatic heterocycles. The lowest BCUT2D eigenvalue weighted by atomic mass is 10.1. The number of amidine groups is 2. The summed E-state index contributed by atoms with van der Waals surface area (Å²) in [6.07, 6.45) is 4.69. The number of hydrogen-bond acceptors (Lipinski definition) is 8. The van der Waals surface area contributed by atoms with E-state index >= 15 is 0 Å². The number of rotatable bonds is 5. The zero-order valence-corrected chi connectivity index (χ0v) is 20.5. The fourth-order valence-corrected chi connectivity index (χ4v) is 4.56. The molecule has 0 radical (unpaired) electrons. The van der Waals surface area contributed by atoms with Crippen molar-refractivity contribution in [3.05, 3.63) is 94.0 Å². The molecule has 0 spiro atoms. The van der Waals surface area contributed by atoms with Crippen molar-refractivity contribution in [3.8, 4) is 11.5 Å². The number of nitrogens with one attached hydrogen (secondary N) is 1. The predicted molar refractivity (Wildman–Crippen MR) is 138 cm³/mol. The van der Waals surface area contributed by atoms with Gasteiger partial charge in [0.15, 0.2) is 17.3 Å². The number of methoxy groups -OCH3 is 1. The molecule has 0 aliphatic carbocycles. The monoisotopic (exact) mass is 535 g/mol. The Morgan fingerprint density at radius 2 is 2.00 bits per heavy atom. The molecule has 37 heavy (non-hydrogen) atoms. The minimum absolute atomic E-state index is 0.0188. The molecule has 5 rings (SSSR count). The van der Waals surface area contributed by atoms with Crippen molar-refractivity contribution >= 4 is 57.4 Å². The number of carbonyl (C=O) groups excluding carboxylic acids is 2. The van der Waals surface area contributed by atoms with Crippen molar-refractivity contribution in [2.75, 3.05) is 7.11 Å². The SMILES string of the molecule is COc1cc(/C=C2/C(=N)N3N=C(c4cccnc4)SC3=NC2=O)cc(Cl)c1OC(=O)c1ccc(F)cc1. The maximum atomic E-state index is 13.2. The van der Waals surface area contributed by atoms with Gasteiger partial charge in [-0.05, 0) is 71.9 Å². The summed E-state index contributed by atoms with van der Waals surface area (Å²) in [6, 6.07) is 11.4. The zero-order valence-electron chi connectivity index (χ0n) is 18.9. The first kappa shape index (κ1) is 24.3. The lowest BCUT2D eigenvalue weighted by Crippen LogP contribution is -2.35. The molecule has 2 aromatic carbocycles. The van der Waals surface area contributed by atoms with Gasteiger partial charge in [0.05, 0.1) is 23.3 Å². The van der Waals surface area contributed by atoms with E-state index in [9.17, 15) is 14.0 Å². The van der Waals surface area contributed by atoms with Crippen molar-refractivity contribution in [2.45, 2.75) is 0 Å². The molecule has 184 valence electrons. The van der Waals surface area contributed by atoms with Crippen LogP contribution in [0.2, 0.25) is 5.02 Å². The van der Waals surface area contributed by atoms with E-state index in [2.05, 4.69) is 15.1 Å². The van der Waals surface area contributed by atoms with Crippen LogP contribution in [0.25, 0.3) is 6.08 Å². The third-order valence-electron chi connectivity index (χ3n) is 5.20. The van der Waals surface area contributed by atoms with E-state index in [-0.39, 0.29) is 38.7 Å². The number of hydrogen-bond donors (Lipinski definition) is 1. The van der Waals surface area contributed by atoms with E-state index in [0.29, 0.717) is 10.6 Å². The highest BCUT2D eigenvalue weighted by Crippen LogP contribution is 2.38. The number of halogens is 2. The van der Waals surface area contributed by atoms with Gasteiger partial charge in [0, 0.05) is 18.0 Å². The molecule has 3 heterocycles. The normalized spacial score (nSPS) is 15.9. The third kappa shape index (κ3) is 4.86. The Hall–Kier alpha value is -4.35. The fourth-order valence-electron chi connectivity index (χ4n) is 3.42. The molecule has 1 amide bonds. The maximum absolute atomic E-state index is 13.2. The Morgan fingerprint density at radius 1 is 1.22 bits per heavy atom. The molecule has 2 aliphatic heterocycles. The number of carbonyl (C=O) groups is 2. The Labute approximate surface area is 218 Å². The first-order valence-corrected chi connectivity index (χ1v) is 11.8. The van der Waals surface area contributed by atoms with E-state index in [0.717, 1.165) is 17.7 Å². The zero-order chi connectivity index (χ0) is 26.1. The second-order valence-corrected chi connectivity index (χ2v) is 8.96. The van der Waals surface area contributed by atoms with Crippen molar-refractivity contribution in [3.63, 3.8) is 0 Å². The molecule has 3 aromatic rings. The van der Waals surface area contributed by atoms with Gasteiger partial charge in [0.1, 0.15) is 10.9 Å². The maximum Gasteiger partial charge on any atom is 0.343 e. The third-order valence-corrected chi connectivity index (χ3v) is 6.44. The molecule has 1 N–H and O–H groups in total. The van der Waals surface area contributed by atoms with Crippen LogP contribution in [0.5, 0.6) is 11.5 Å². The molecule has 0 atom stereocenters. The van der Waals surface area contributed by atoms with Gasteiger partial charge in [0.2, 0.25) is 5.17 Å². The minimum atomic E-state index is -0.758. The number of aromatic nitrogens is 1. The van der Waals surface area contributed by atoms with Gasteiger partial charge >= 0.3 is 5.97 Å². The minimum Gasteiger partial charge on any atom is -0.493 e. The topological polar surface area (TPSA) is 117 Å². The average Bonchev–Trinajstić information content (AvgIpc) is 3.33. The van der Waals surface area contributed by atoms with Crippen LogP contribution in [-0.4, -0.2) is 45.0 Å². The molecule has 0 unspecified atom stereocenters. The molecule has 0 saturated heterocycles. The van der Waals surface area contributed by atoms with Gasteiger partial charge in [-0.3, -0.25) is 15.2 Å². The van der Waals surface area contributed by atoms with Crippen LogP contribution in [0.3, 0.4) is 0 Å². The number of thioether (sulfide) groups is 1. The standard InChI is InChI=1S/C25H15ClFN5O4S/c1-35-19-11-13(10-18(26)20(19)36-24(34)14-4-6-16(27)7-5-14)9-17-21(28)32-25(30-22(17)33)37-23(31-32)15-3-2-8-29-12-15/h2-12,28H,1H3/b17-9-,28-21?. The number of ether oxygens (including phenoxy) is 2. The van der Waals surface area contributed by atoms with Crippen molar-refractivity contribution in [1.29, 1.82) is 5.41 Å². The first-order valence-electron chi connectivity index (χ1n) is 10.6. The molecular weight excluding hydrogens is 521 g/mol. The van der Waals surface area contributed by atoms with Gasteiger partial charge in [-0.2, -0.15) is 15.1 Å². The number of pyridine rings is 1. The molecule has 12 heteroatoms. The summed E-state index contributed by atoms with van der Waals surface area (Å²) in [6.45, 7) is 0. The number of aliphatic imine (C=N–C) groups is 1. The largest absolute Gasteiger partial charge is 0.493 e. The van der Waals surface area contributed by atoms with E-state index in [1.54, 1.807) is 18.5 Å². The number of fused-ring (bicyclic) bond motifs is 1. The Balaban J connectivity index is 1.43. The summed E-state index contributed by atoms with van der Waals surface area (Å²) in [7, 11) is 1.36. The van der Waals surface area contributed by atoms with Crippen LogP contribution in [-0.2, 0) is 4.79 Å². The van der Waals surface area contributed by atoms with Crippen LogP contribution >= 0.6 is 23.4 Å². The lowest BCUT2D eigenvalue weighted by molar-refractivity contribution is -0.114. The number of hydrazone groups is 1. The summed E-state index contributed by atoms with van der Waals surface area (Å²) >= 11 is 7.55. The van der Waals surface area contributed by atoms with Gasteiger partial charge in [-0.25, -0.2) is 9.18 Å². The molecule has 0 bridgehead atoms. The summed E-state index contributed by atoms with van der Waals surface area (Å²) in [5.41, 5.74) is 1.24. The highest BCUT2D eigenvalue weighted by atomic mass is 35.5. The molecule has 0 saturated carbocycles. The van der Waals surface area contributed by atoms with E-state index in [1.165, 1.54) is 54.2 Å². The summed E-state index contributed by atoms with van der Waals surface area (Å²) < 4.78 is 23.9. The fraction of sp³-hybridized carbons (Fsp3) is 0.0400. The summed E-state index contributed by atoms with van der Waals surface area (Å²) in [5, 5.41) is 15.1. The summed E-state index contributed by atoms with van der Waals surface area (Å²) in [5.74, 6) is -1.96. The number of benzene rings is 2. The van der Waals surface area contributed by atoms with Crippen LogP contribution in [0, 0.1) is 11.2 Å². The van der Waals surface area contributed by atoms with Gasteiger partial charge in [-0.1, -0.05) is 11.6 Å². The number of nitrogens with zero attached hydrogens (tertiary/aromatic N) is 4. The Kier molecular flexibility index (Phi) is 6.55. The Morgan fingerprint density at radius 3 is 2.70 bits per heavy atom. The van der Waals surface area contributed by atoms with Crippen LogP contribution in [0.1, 0.15) is 21.5 Å². The molecule has 2 aliphatic rings. The van der Waals surface area contributed by atoms with Crippen molar-refractivity contribution < 1.29 is 23.5 Å². The van der Waals surface area contributed by atoms with Crippen molar-refractivity contribution in [2.24, 2.45) is 10.1 Å². The smallest absolute Gasteiger partial charge is 0.343 e. The van der Waals surface area contributed by atoms with Gasteiger partial charge in [0.25, 0.3) is 5.91 Å². The second kappa shape index (κ2) is 9.96. The predicted octanol–water partition coefficient (Wildman–Crippen LogP) is 4.77. The number of esters is 1. The highest BCUT2D eigenvalue weighted by molar-refractivity contribution is 8.27. The number of amides is 1. The van der Waals surface area contributed by atoms with Gasteiger partial charge in [-0.15, -0.1) is 0 Å². The van der Waals surface area contributed by atoms with Crippen LogP contribution < -0.4 is 9.47 Å². The van der Waals surface area contributed by atoms with Crippen LogP contribution in [0.15, 0.2) is 76.6 Å². The van der Waals surface area contributed by atoms with Crippen molar-refractivity contribution in [1.82, 2.24) is 9.99 Å². The summed E-state index contributed by atoms with van der Waals surface area (Å²) in [4.78, 5) is 33.4. The molecular formula is C25H15ClFN5O4S. The van der Waals surface area contributed by atoms with Gasteiger partial charge < -0.3 is 9.47 Å². The second-order valence-electron chi connectivity index (χ2n) is 7.60. The van der Waals surface area contributed by atoms with E-state index in [4.69, 9.17) is 26.5 Å².